The van der Waals surface area contributed by atoms with Crippen molar-refractivity contribution in [3.8, 4) is 0 Å². The van der Waals surface area contributed by atoms with Gasteiger partial charge in [0.1, 0.15) is 11.5 Å². The summed E-state index contributed by atoms with van der Waals surface area (Å²) >= 11 is 3.10. The molecule has 0 spiro atoms. The average Bonchev–Trinajstić information content (AvgIpc) is 2.78. The first-order valence-corrected chi connectivity index (χ1v) is 5.29. The Labute approximate surface area is 99.0 Å². The lowest BCUT2D eigenvalue weighted by atomic mass is 10.1. The first kappa shape index (κ1) is 10.9. The van der Waals surface area contributed by atoms with Crippen LogP contribution in [0.2, 0.25) is 0 Å². The number of Topliss-reactive ketones (excluding diaryl/α,β-unsaturated/α-hetero) is 1. The molecular weight excluding hydrogens is 277 g/mol. The van der Waals surface area contributed by atoms with Gasteiger partial charge in [-0.05, 0) is 27.6 Å². The number of H-pyrrole nitrogens is 1. The van der Waals surface area contributed by atoms with Gasteiger partial charge in [0.15, 0.2) is 5.78 Å². The van der Waals surface area contributed by atoms with Crippen LogP contribution in [0.25, 0.3) is 0 Å². The molecule has 1 aromatic carbocycles. The Hall–Kier alpha value is -1.56. The molecule has 0 fully saturated rings. The fourth-order valence-corrected chi connectivity index (χ4v) is 1.69. The molecule has 0 aliphatic rings. The molecule has 0 unspecified atom stereocenters. The second-order valence-electron chi connectivity index (χ2n) is 3.17. The van der Waals surface area contributed by atoms with Crippen LogP contribution in [-0.2, 0) is 6.42 Å². The number of carbonyl (C=O) groups is 1. The minimum atomic E-state index is -0.384. The smallest absolute Gasteiger partial charge is 0.189 e. The SMILES string of the molecule is O=C(Cc1cccc(F)c1Br)c1cn[nH]n1. The molecule has 1 aromatic heterocycles. The molecule has 0 bridgehead atoms. The lowest BCUT2D eigenvalue weighted by Crippen LogP contribution is -2.05. The van der Waals surface area contributed by atoms with E-state index >= 15 is 0 Å². The first-order valence-electron chi connectivity index (χ1n) is 4.50. The highest BCUT2D eigenvalue weighted by atomic mass is 79.9. The summed E-state index contributed by atoms with van der Waals surface area (Å²) in [5, 5.41) is 9.57. The van der Waals surface area contributed by atoms with Gasteiger partial charge < -0.3 is 0 Å². The van der Waals surface area contributed by atoms with Gasteiger partial charge in [0.2, 0.25) is 0 Å². The highest BCUT2D eigenvalue weighted by Crippen LogP contribution is 2.21. The summed E-state index contributed by atoms with van der Waals surface area (Å²) in [6.07, 6.45) is 1.43. The maximum atomic E-state index is 13.2. The van der Waals surface area contributed by atoms with E-state index < -0.39 is 0 Å². The van der Waals surface area contributed by atoms with Crippen LogP contribution in [-0.4, -0.2) is 21.2 Å². The second-order valence-corrected chi connectivity index (χ2v) is 3.96. The summed E-state index contributed by atoms with van der Waals surface area (Å²) in [5.74, 6) is -0.592. The lowest BCUT2D eigenvalue weighted by Gasteiger charge is -2.02. The molecule has 0 atom stereocenters. The quantitative estimate of drug-likeness (QED) is 0.878. The number of aromatic amines is 1. The third kappa shape index (κ3) is 2.16. The number of aromatic nitrogens is 3. The van der Waals surface area contributed by atoms with Crippen LogP contribution in [0.4, 0.5) is 4.39 Å². The Kier molecular flexibility index (Phi) is 3.09. The Morgan fingerprint density at radius 1 is 1.50 bits per heavy atom. The van der Waals surface area contributed by atoms with Gasteiger partial charge in [-0.15, -0.1) is 0 Å². The number of nitrogens with one attached hydrogen (secondary N) is 1. The van der Waals surface area contributed by atoms with E-state index in [1.54, 1.807) is 12.1 Å². The van der Waals surface area contributed by atoms with E-state index in [2.05, 4.69) is 31.3 Å². The van der Waals surface area contributed by atoms with Crippen LogP contribution in [0.15, 0.2) is 28.9 Å². The van der Waals surface area contributed by atoms with Crippen molar-refractivity contribution in [2.75, 3.05) is 0 Å². The zero-order valence-corrected chi connectivity index (χ0v) is 9.66. The van der Waals surface area contributed by atoms with Gasteiger partial charge in [-0.3, -0.25) is 4.79 Å². The third-order valence-electron chi connectivity index (χ3n) is 2.08. The van der Waals surface area contributed by atoms with Crippen LogP contribution < -0.4 is 0 Å². The minimum absolute atomic E-state index is 0.0882. The van der Waals surface area contributed by atoms with Gasteiger partial charge in [-0.2, -0.15) is 15.4 Å². The molecule has 82 valence electrons. The summed E-state index contributed by atoms with van der Waals surface area (Å²) in [6, 6.07) is 4.57. The molecule has 0 amide bonds. The van der Waals surface area contributed by atoms with Gasteiger partial charge in [0.05, 0.1) is 10.7 Å². The summed E-state index contributed by atoms with van der Waals surface area (Å²) in [4.78, 5) is 11.7. The predicted molar refractivity (Wildman–Crippen MR) is 58.5 cm³/mol. The molecule has 16 heavy (non-hydrogen) atoms. The molecule has 2 aromatic rings. The molecule has 6 heteroatoms. The zero-order valence-electron chi connectivity index (χ0n) is 8.08. The lowest BCUT2D eigenvalue weighted by molar-refractivity contribution is 0.0988. The number of rotatable bonds is 3. The van der Waals surface area contributed by atoms with Crippen molar-refractivity contribution in [3.63, 3.8) is 0 Å². The van der Waals surface area contributed by atoms with Crippen LogP contribution in [0.5, 0.6) is 0 Å². The monoisotopic (exact) mass is 283 g/mol. The van der Waals surface area contributed by atoms with Gasteiger partial charge >= 0.3 is 0 Å². The Morgan fingerprint density at radius 2 is 2.31 bits per heavy atom. The zero-order chi connectivity index (χ0) is 11.5. The van der Waals surface area contributed by atoms with Crippen molar-refractivity contribution < 1.29 is 9.18 Å². The van der Waals surface area contributed by atoms with Gasteiger partial charge in [-0.1, -0.05) is 12.1 Å². The van der Waals surface area contributed by atoms with E-state index in [9.17, 15) is 9.18 Å². The maximum Gasteiger partial charge on any atom is 0.189 e. The fraction of sp³-hybridized carbons (Fsp3) is 0.100. The number of benzene rings is 1. The van der Waals surface area contributed by atoms with Crippen LogP contribution >= 0.6 is 15.9 Å². The summed E-state index contributed by atoms with van der Waals surface area (Å²) in [5.41, 5.74) is 0.837. The highest BCUT2D eigenvalue weighted by Gasteiger charge is 2.13. The second kappa shape index (κ2) is 4.52. The maximum absolute atomic E-state index is 13.2. The normalized spacial score (nSPS) is 10.4. The predicted octanol–water partition coefficient (Wildman–Crippen LogP) is 2.13. The van der Waals surface area contributed by atoms with Crippen molar-refractivity contribution in [2.45, 2.75) is 6.42 Å². The van der Waals surface area contributed by atoms with Gasteiger partial charge in [0.25, 0.3) is 0 Å². The van der Waals surface area contributed by atoms with Crippen molar-refractivity contribution in [1.29, 1.82) is 0 Å². The number of carbonyl (C=O) groups excluding carboxylic acids is 1. The van der Waals surface area contributed by atoms with Gasteiger partial charge in [-0.25, -0.2) is 4.39 Å². The number of hydrogen-bond donors (Lipinski definition) is 1. The topological polar surface area (TPSA) is 58.6 Å². The first-order chi connectivity index (χ1) is 7.68. The molecular formula is C10H7BrFN3O. The number of hydrogen-bond acceptors (Lipinski definition) is 3. The van der Waals surface area contributed by atoms with E-state index in [0.717, 1.165) is 0 Å². The molecule has 2 rings (SSSR count). The Morgan fingerprint density at radius 3 is 3.00 bits per heavy atom. The van der Waals surface area contributed by atoms with Crippen LogP contribution in [0.1, 0.15) is 16.1 Å². The van der Waals surface area contributed by atoms with E-state index in [4.69, 9.17) is 0 Å². The van der Waals surface area contributed by atoms with E-state index in [0.29, 0.717) is 10.0 Å². The number of nitrogens with zero attached hydrogens (tertiary/aromatic N) is 2. The van der Waals surface area contributed by atoms with E-state index in [1.807, 2.05) is 0 Å². The average molecular weight is 284 g/mol. The van der Waals surface area contributed by atoms with Crippen molar-refractivity contribution >= 4 is 21.7 Å². The van der Waals surface area contributed by atoms with E-state index in [1.165, 1.54) is 12.3 Å². The molecule has 0 radical (unpaired) electrons. The molecule has 0 saturated heterocycles. The molecule has 0 aliphatic carbocycles. The Balaban J connectivity index is 2.22. The molecule has 0 saturated carbocycles. The number of ketones is 1. The Bertz CT molecular complexity index is 513. The highest BCUT2D eigenvalue weighted by molar-refractivity contribution is 9.10. The van der Waals surface area contributed by atoms with Crippen molar-refractivity contribution in [2.24, 2.45) is 0 Å². The minimum Gasteiger partial charge on any atom is -0.292 e. The van der Waals surface area contributed by atoms with E-state index in [-0.39, 0.29) is 23.7 Å². The third-order valence-corrected chi connectivity index (χ3v) is 2.97. The van der Waals surface area contributed by atoms with Gasteiger partial charge in [0, 0.05) is 6.42 Å². The van der Waals surface area contributed by atoms with Crippen molar-refractivity contribution in [1.82, 2.24) is 15.4 Å². The standard InChI is InChI=1S/C10H7BrFN3O/c11-10-6(2-1-3-7(10)12)4-9(16)8-5-13-15-14-8/h1-3,5H,4H2,(H,13,14,15). The molecule has 1 heterocycles. The molecule has 4 nitrogen and oxygen atoms in total. The molecule has 0 aliphatic heterocycles. The molecule has 1 N–H and O–H groups in total. The summed E-state index contributed by atoms with van der Waals surface area (Å²) in [6.45, 7) is 0. The van der Waals surface area contributed by atoms with Crippen LogP contribution in [0.3, 0.4) is 0 Å². The summed E-state index contributed by atoms with van der Waals surface area (Å²) in [7, 11) is 0. The van der Waals surface area contributed by atoms with Crippen LogP contribution in [0, 0.1) is 5.82 Å². The largest absolute Gasteiger partial charge is 0.292 e. The summed E-state index contributed by atoms with van der Waals surface area (Å²) < 4.78 is 13.5. The fourth-order valence-electron chi connectivity index (χ4n) is 1.28. The van der Waals surface area contributed by atoms with Crippen molar-refractivity contribution in [3.05, 3.63) is 45.9 Å². The number of halogens is 2.